The second-order valence-corrected chi connectivity index (χ2v) is 8.59. The number of nitrogens with zero attached hydrogens (tertiary/aromatic N) is 4. The van der Waals surface area contributed by atoms with Crippen LogP contribution in [0.5, 0.6) is 0 Å². The maximum absolute atomic E-state index is 12.4. The summed E-state index contributed by atoms with van der Waals surface area (Å²) in [5.74, 6) is 0.724. The van der Waals surface area contributed by atoms with Gasteiger partial charge in [-0.2, -0.15) is 0 Å². The largest absolute Gasteiger partial charge is 0.462 e. The van der Waals surface area contributed by atoms with Crippen LogP contribution in [0.4, 0.5) is 17.2 Å². The highest BCUT2D eigenvalue weighted by atomic mass is 16.5. The number of fused-ring (bicyclic) bond motifs is 3. The van der Waals surface area contributed by atoms with Gasteiger partial charge in [-0.1, -0.05) is 0 Å². The first-order valence-electron chi connectivity index (χ1n) is 11.4. The number of hydrogen-bond acceptors (Lipinski definition) is 7. The molecule has 1 atom stereocenters. The average Bonchev–Trinajstić information content (AvgIpc) is 3.31. The van der Waals surface area contributed by atoms with Gasteiger partial charge in [0, 0.05) is 51.2 Å². The molecule has 3 aliphatic rings. The Morgan fingerprint density at radius 2 is 1.94 bits per heavy atom. The van der Waals surface area contributed by atoms with E-state index in [4.69, 9.17) is 9.72 Å². The smallest absolute Gasteiger partial charge is 0.338 e. The number of rotatable bonds is 5. The zero-order valence-corrected chi connectivity index (χ0v) is 18.4. The summed E-state index contributed by atoms with van der Waals surface area (Å²) in [5, 5.41) is 3.06. The maximum Gasteiger partial charge on any atom is 0.338 e. The van der Waals surface area contributed by atoms with Crippen LogP contribution in [0.1, 0.15) is 35.7 Å². The summed E-state index contributed by atoms with van der Waals surface area (Å²) in [6.45, 7) is 7.63. The third kappa shape index (κ3) is 4.02. The number of pyridine rings is 1. The zero-order valence-electron chi connectivity index (χ0n) is 18.4. The van der Waals surface area contributed by atoms with Crippen molar-refractivity contribution < 1.29 is 14.3 Å². The molecule has 8 nitrogen and oxygen atoms in total. The van der Waals surface area contributed by atoms with Crippen molar-refractivity contribution in [3.8, 4) is 0 Å². The molecule has 168 valence electrons. The first-order valence-corrected chi connectivity index (χ1v) is 11.4. The minimum atomic E-state index is -0.279. The molecule has 0 unspecified atom stereocenters. The molecule has 1 aromatic heterocycles. The Morgan fingerprint density at radius 3 is 2.69 bits per heavy atom. The number of nitrogens with one attached hydrogen (secondary N) is 1. The van der Waals surface area contributed by atoms with Gasteiger partial charge in [0.2, 0.25) is 5.91 Å². The average molecular weight is 436 g/mol. The number of carbonyl (C=O) groups excluding carboxylic acids is 2. The number of benzene rings is 1. The van der Waals surface area contributed by atoms with Crippen LogP contribution < -0.4 is 15.1 Å². The number of esters is 1. The molecule has 2 aromatic rings. The number of hydrogen-bond donors (Lipinski definition) is 1. The summed E-state index contributed by atoms with van der Waals surface area (Å²) in [4.78, 5) is 35.8. The van der Waals surface area contributed by atoms with Gasteiger partial charge in [0.15, 0.2) is 5.82 Å². The molecule has 0 radical (unpaired) electrons. The van der Waals surface area contributed by atoms with Crippen LogP contribution in [0.25, 0.3) is 0 Å². The fourth-order valence-electron chi connectivity index (χ4n) is 4.86. The summed E-state index contributed by atoms with van der Waals surface area (Å²) >= 11 is 0. The van der Waals surface area contributed by atoms with E-state index in [2.05, 4.69) is 26.1 Å². The molecule has 2 saturated heterocycles. The number of piperazine rings is 1. The van der Waals surface area contributed by atoms with E-state index in [1.165, 1.54) is 0 Å². The van der Waals surface area contributed by atoms with Crippen LogP contribution in [-0.4, -0.2) is 67.1 Å². The molecule has 0 saturated carbocycles. The minimum absolute atomic E-state index is 0.0553. The highest BCUT2D eigenvalue weighted by Gasteiger charge is 2.37. The second kappa shape index (κ2) is 8.78. The lowest BCUT2D eigenvalue weighted by Gasteiger charge is -2.36. The Morgan fingerprint density at radius 1 is 1.16 bits per heavy atom. The van der Waals surface area contributed by atoms with Gasteiger partial charge in [0.1, 0.15) is 6.04 Å². The molecule has 4 heterocycles. The molecule has 2 fully saturated rings. The van der Waals surface area contributed by atoms with Crippen molar-refractivity contribution in [2.24, 2.45) is 0 Å². The van der Waals surface area contributed by atoms with E-state index >= 15 is 0 Å². The highest BCUT2D eigenvalue weighted by Crippen LogP contribution is 2.35. The number of aromatic nitrogens is 1. The Bertz CT molecular complexity index is 1000. The van der Waals surface area contributed by atoms with E-state index in [9.17, 15) is 9.59 Å². The molecule has 5 rings (SSSR count). The molecule has 0 aliphatic carbocycles. The summed E-state index contributed by atoms with van der Waals surface area (Å²) in [6, 6.07) is 9.66. The second-order valence-electron chi connectivity index (χ2n) is 8.59. The van der Waals surface area contributed by atoms with E-state index in [1.807, 2.05) is 37.4 Å². The molecule has 0 spiro atoms. The lowest BCUT2D eigenvalue weighted by molar-refractivity contribution is -0.117. The molecule has 8 heteroatoms. The van der Waals surface area contributed by atoms with Crippen LogP contribution in [0.2, 0.25) is 0 Å². The van der Waals surface area contributed by atoms with Gasteiger partial charge in [-0.25, -0.2) is 9.78 Å². The minimum Gasteiger partial charge on any atom is -0.462 e. The van der Waals surface area contributed by atoms with Crippen molar-refractivity contribution in [3.05, 3.63) is 47.7 Å². The molecule has 3 aliphatic heterocycles. The maximum atomic E-state index is 12.4. The van der Waals surface area contributed by atoms with Gasteiger partial charge in [-0.15, -0.1) is 0 Å². The molecule has 0 bridgehead atoms. The standard InChI is InChI=1S/C24H29N5O3/c1-2-32-24(31)18-5-7-19(8-6-18)28-12-10-27(11-13-28)16-17-14-20-22(25-15-17)29-9-3-4-21(29)23(30)26-20/h5-8,14-15,21H,2-4,9-13,16H2,1H3,(H,26,30)/t21-/m0/s1. The third-order valence-electron chi connectivity index (χ3n) is 6.53. The quantitative estimate of drug-likeness (QED) is 0.723. The van der Waals surface area contributed by atoms with Crippen molar-refractivity contribution in [1.29, 1.82) is 0 Å². The summed E-state index contributed by atoms with van der Waals surface area (Å²) < 4.78 is 5.05. The first-order chi connectivity index (χ1) is 15.6. The molecule has 1 amide bonds. The van der Waals surface area contributed by atoms with Crippen LogP contribution in [0.3, 0.4) is 0 Å². The van der Waals surface area contributed by atoms with Gasteiger partial charge in [-0.3, -0.25) is 9.69 Å². The van der Waals surface area contributed by atoms with Crippen LogP contribution in [0.15, 0.2) is 36.5 Å². The summed E-state index contributed by atoms with van der Waals surface area (Å²) in [7, 11) is 0. The zero-order chi connectivity index (χ0) is 22.1. The number of anilines is 3. The normalized spacial score (nSPS) is 20.5. The third-order valence-corrected chi connectivity index (χ3v) is 6.53. The van der Waals surface area contributed by atoms with E-state index in [-0.39, 0.29) is 17.9 Å². The fourth-order valence-corrected chi connectivity index (χ4v) is 4.86. The van der Waals surface area contributed by atoms with E-state index in [1.54, 1.807) is 0 Å². The van der Waals surface area contributed by atoms with Crippen LogP contribution >= 0.6 is 0 Å². The Hall–Kier alpha value is -3.13. The lowest BCUT2D eigenvalue weighted by atomic mass is 10.1. The Labute approximate surface area is 188 Å². The van der Waals surface area contributed by atoms with Crippen molar-refractivity contribution in [2.45, 2.75) is 32.4 Å². The lowest BCUT2D eigenvalue weighted by Crippen LogP contribution is -2.46. The van der Waals surface area contributed by atoms with Gasteiger partial charge in [0.25, 0.3) is 0 Å². The van der Waals surface area contributed by atoms with Crippen molar-refractivity contribution >= 4 is 29.1 Å². The van der Waals surface area contributed by atoms with Crippen molar-refractivity contribution in [1.82, 2.24) is 9.88 Å². The summed E-state index contributed by atoms with van der Waals surface area (Å²) in [5.41, 5.74) is 3.66. The highest BCUT2D eigenvalue weighted by molar-refractivity contribution is 6.03. The number of ether oxygens (including phenoxy) is 1. The number of amides is 1. The van der Waals surface area contributed by atoms with Gasteiger partial charge < -0.3 is 19.9 Å². The molecule has 32 heavy (non-hydrogen) atoms. The van der Waals surface area contributed by atoms with Crippen LogP contribution in [-0.2, 0) is 16.1 Å². The predicted octanol–water partition coefficient (Wildman–Crippen LogP) is 2.50. The monoisotopic (exact) mass is 435 g/mol. The van der Waals surface area contributed by atoms with Gasteiger partial charge >= 0.3 is 5.97 Å². The molecule has 1 N–H and O–H groups in total. The van der Waals surface area contributed by atoms with Gasteiger partial charge in [0.05, 0.1) is 17.9 Å². The molecule has 1 aromatic carbocycles. The van der Waals surface area contributed by atoms with Crippen molar-refractivity contribution in [2.75, 3.05) is 54.4 Å². The number of carbonyl (C=O) groups is 2. The van der Waals surface area contributed by atoms with E-state index < -0.39 is 0 Å². The van der Waals surface area contributed by atoms with E-state index in [0.717, 1.165) is 74.9 Å². The SMILES string of the molecule is CCOC(=O)c1ccc(N2CCN(Cc3cnc4c(c3)NC(=O)[C@@H]3CCCN43)CC2)cc1. The van der Waals surface area contributed by atoms with Gasteiger partial charge in [-0.05, 0) is 55.7 Å². The summed E-state index contributed by atoms with van der Waals surface area (Å²) in [6.07, 6.45) is 3.90. The Kier molecular flexibility index (Phi) is 5.70. The molecular weight excluding hydrogens is 406 g/mol. The first kappa shape index (κ1) is 20.8. The van der Waals surface area contributed by atoms with Crippen molar-refractivity contribution in [3.63, 3.8) is 0 Å². The topological polar surface area (TPSA) is 78.0 Å². The fraction of sp³-hybridized carbons (Fsp3) is 0.458. The van der Waals surface area contributed by atoms with E-state index in [0.29, 0.717) is 12.2 Å². The Balaban J connectivity index is 1.18. The van der Waals surface area contributed by atoms with Crippen LogP contribution in [0, 0.1) is 0 Å². The molecular formula is C24H29N5O3. The predicted molar refractivity (Wildman–Crippen MR) is 123 cm³/mol.